The number of rotatable bonds is 9. The number of ether oxygens (including phenoxy) is 1. The minimum Gasteiger partial charge on any atom is -0.390 e. The van der Waals surface area contributed by atoms with E-state index in [1.807, 2.05) is 54.6 Å². The fourth-order valence-corrected chi connectivity index (χ4v) is 3.90. The SMILES string of the molecule is OC(COCc1ccc(Cl)cc1)CSc1nnc(Nc2ccccc2)s1. The number of benzene rings is 2. The molecule has 0 bridgehead atoms. The molecule has 0 amide bonds. The summed E-state index contributed by atoms with van der Waals surface area (Å²) in [6.07, 6.45) is -0.568. The highest BCUT2D eigenvalue weighted by atomic mass is 35.5. The van der Waals surface area contributed by atoms with Crippen molar-refractivity contribution in [3.8, 4) is 0 Å². The van der Waals surface area contributed by atoms with Crippen molar-refractivity contribution in [3.05, 3.63) is 65.2 Å². The molecule has 1 atom stereocenters. The van der Waals surface area contributed by atoms with Crippen molar-refractivity contribution in [2.24, 2.45) is 0 Å². The Morgan fingerprint density at radius 1 is 1.12 bits per heavy atom. The third kappa shape index (κ3) is 6.26. The predicted molar refractivity (Wildman–Crippen MR) is 107 cm³/mol. The van der Waals surface area contributed by atoms with Crippen LogP contribution in [-0.2, 0) is 11.3 Å². The van der Waals surface area contributed by atoms with E-state index in [1.54, 1.807) is 0 Å². The standard InChI is InChI=1S/C18H18ClN3O2S2/c19-14-8-6-13(7-9-14)10-24-11-16(23)12-25-18-22-21-17(26-18)20-15-4-2-1-3-5-15/h1-9,16,23H,10-12H2,(H,20,21). The second-order valence-electron chi connectivity index (χ2n) is 5.47. The zero-order valence-electron chi connectivity index (χ0n) is 13.8. The molecule has 8 heteroatoms. The Morgan fingerprint density at radius 2 is 1.88 bits per heavy atom. The lowest BCUT2D eigenvalue weighted by atomic mass is 10.2. The maximum absolute atomic E-state index is 10.0. The van der Waals surface area contributed by atoms with E-state index in [2.05, 4.69) is 15.5 Å². The number of para-hydroxylation sites is 1. The first-order valence-electron chi connectivity index (χ1n) is 7.97. The van der Waals surface area contributed by atoms with Crippen LogP contribution in [-0.4, -0.2) is 33.8 Å². The molecule has 0 radical (unpaired) electrons. The highest BCUT2D eigenvalue weighted by Crippen LogP contribution is 2.28. The lowest BCUT2D eigenvalue weighted by Gasteiger charge is -2.10. The van der Waals surface area contributed by atoms with Gasteiger partial charge in [-0.2, -0.15) is 0 Å². The summed E-state index contributed by atoms with van der Waals surface area (Å²) < 4.78 is 6.35. The van der Waals surface area contributed by atoms with Gasteiger partial charge in [0.25, 0.3) is 0 Å². The van der Waals surface area contributed by atoms with Gasteiger partial charge in [-0.25, -0.2) is 0 Å². The number of aliphatic hydroxyl groups is 1. The van der Waals surface area contributed by atoms with Gasteiger partial charge in [0.05, 0.1) is 19.3 Å². The zero-order chi connectivity index (χ0) is 18.2. The molecule has 5 nitrogen and oxygen atoms in total. The van der Waals surface area contributed by atoms with Crippen LogP contribution < -0.4 is 5.32 Å². The number of anilines is 2. The third-order valence-corrected chi connectivity index (χ3v) is 5.69. The first-order chi connectivity index (χ1) is 12.7. The molecule has 2 N–H and O–H groups in total. The number of aliphatic hydroxyl groups excluding tert-OH is 1. The summed E-state index contributed by atoms with van der Waals surface area (Å²) in [6.45, 7) is 0.715. The molecule has 0 aliphatic heterocycles. The van der Waals surface area contributed by atoms with Crippen LogP contribution in [0.1, 0.15) is 5.56 Å². The molecule has 0 saturated heterocycles. The highest BCUT2D eigenvalue weighted by molar-refractivity contribution is 8.01. The van der Waals surface area contributed by atoms with E-state index in [-0.39, 0.29) is 6.61 Å². The molecule has 1 heterocycles. The molecule has 0 aliphatic rings. The second-order valence-corrected chi connectivity index (χ2v) is 8.15. The Hall–Kier alpha value is -1.64. The number of aromatic nitrogens is 2. The monoisotopic (exact) mass is 407 g/mol. The summed E-state index contributed by atoms with van der Waals surface area (Å²) in [5, 5.41) is 22.9. The Labute approximate surface area is 165 Å². The van der Waals surface area contributed by atoms with Crippen molar-refractivity contribution in [3.63, 3.8) is 0 Å². The number of nitrogens with zero attached hydrogens (tertiary/aromatic N) is 2. The molecular weight excluding hydrogens is 390 g/mol. The van der Waals surface area contributed by atoms with E-state index in [0.29, 0.717) is 17.4 Å². The zero-order valence-corrected chi connectivity index (χ0v) is 16.2. The van der Waals surface area contributed by atoms with Crippen LogP contribution >= 0.6 is 34.7 Å². The molecule has 0 aliphatic carbocycles. The van der Waals surface area contributed by atoms with Gasteiger partial charge in [0.1, 0.15) is 0 Å². The molecule has 0 fully saturated rings. The summed E-state index contributed by atoms with van der Waals surface area (Å²) in [6, 6.07) is 17.3. The number of halogens is 1. The average molecular weight is 408 g/mol. The predicted octanol–water partition coefficient (Wildman–Crippen LogP) is 4.60. The fraction of sp³-hybridized carbons (Fsp3) is 0.222. The molecule has 3 aromatic rings. The van der Waals surface area contributed by atoms with E-state index in [1.165, 1.54) is 23.1 Å². The molecule has 26 heavy (non-hydrogen) atoms. The van der Waals surface area contributed by atoms with E-state index in [4.69, 9.17) is 16.3 Å². The first kappa shape index (κ1) is 19.1. The topological polar surface area (TPSA) is 67.3 Å². The quantitative estimate of drug-likeness (QED) is 0.505. The molecule has 136 valence electrons. The molecule has 0 saturated carbocycles. The van der Waals surface area contributed by atoms with Crippen LogP contribution in [0.5, 0.6) is 0 Å². The van der Waals surface area contributed by atoms with Crippen LogP contribution in [0.25, 0.3) is 0 Å². The van der Waals surface area contributed by atoms with E-state index in [9.17, 15) is 5.11 Å². The number of hydrogen-bond acceptors (Lipinski definition) is 7. The molecule has 1 unspecified atom stereocenters. The van der Waals surface area contributed by atoms with Gasteiger partial charge in [0.2, 0.25) is 5.13 Å². The molecule has 1 aromatic heterocycles. The Morgan fingerprint density at radius 3 is 2.65 bits per heavy atom. The molecule has 0 spiro atoms. The Kier molecular flexibility index (Phi) is 7.28. The normalized spacial score (nSPS) is 12.1. The second kappa shape index (κ2) is 9.89. The maximum atomic E-state index is 10.0. The van der Waals surface area contributed by atoms with Gasteiger partial charge in [-0.05, 0) is 29.8 Å². The summed E-state index contributed by atoms with van der Waals surface area (Å²) in [5.41, 5.74) is 1.99. The third-order valence-electron chi connectivity index (χ3n) is 3.32. The van der Waals surface area contributed by atoms with Crippen LogP contribution in [0, 0.1) is 0 Å². The van der Waals surface area contributed by atoms with E-state index < -0.39 is 6.10 Å². The van der Waals surface area contributed by atoms with Crippen LogP contribution in [0.2, 0.25) is 5.02 Å². The van der Waals surface area contributed by atoms with Crippen molar-refractivity contribution in [1.29, 1.82) is 0 Å². The van der Waals surface area contributed by atoms with E-state index in [0.717, 1.165) is 20.7 Å². The summed E-state index contributed by atoms with van der Waals surface area (Å²) in [5.74, 6) is 0.501. The smallest absolute Gasteiger partial charge is 0.210 e. The van der Waals surface area contributed by atoms with Crippen LogP contribution in [0.15, 0.2) is 58.9 Å². The lowest BCUT2D eigenvalue weighted by Crippen LogP contribution is -2.17. The Balaban J connectivity index is 1.37. The maximum Gasteiger partial charge on any atom is 0.210 e. The number of thioether (sulfide) groups is 1. The van der Waals surface area contributed by atoms with Crippen LogP contribution in [0.4, 0.5) is 10.8 Å². The van der Waals surface area contributed by atoms with Crippen LogP contribution in [0.3, 0.4) is 0 Å². The van der Waals surface area contributed by atoms with Crippen molar-refractivity contribution < 1.29 is 9.84 Å². The number of nitrogens with one attached hydrogen (secondary N) is 1. The fourth-order valence-electron chi connectivity index (χ4n) is 2.07. The van der Waals surface area contributed by atoms with Gasteiger partial charge >= 0.3 is 0 Å². The minimum atomic E-state index is -0.568. The summed E-state index contributed by atoms with van der Waals surface area (Å²) >= 11 is 8.77. The largest absolute Gasteiger partial charge is 0.390 e. The first-order valence-corrected chi connectivity index (χ1v) is 10.2. The summed E-state index contributed by atoms with van der Waals surface area (Å²) in [7, 11) is 0. The molecule has 3 rings (SSSR count). The lowest BCUT2D eigenvalue weighted by molar-refractivity contribution is 0.0398. The van der Waals surface area contributed by atoms with Crippen molar-refractivity contribution >= 4 is 45.5 Å². The van der Waals surface area contributed by atoms with Gasteiger partial charge in [-0.15, -0.1) is 10.2 Å². The van der Waals surface area contributed by atoms with Gasteiger partial charge in [-0.1, -0.05) is 65.0 Å². The summed E-state index contributed by atoms with van der Waals surface area (Å²) in [4.78, 5) is 0. The average Bonchev–Trinajstić information content (AvgIpc) is 3.10. The highest BCUT2D eigenvalue weighted by Gasteiger charge is 2.10. The minimum absolute atomic E-state index is 0.267. The van der Waals surface area contributed by atoms with Gasteiger partial charge in [0.15, 0.2) is 4.34 Å². The van der Waals surface area contributed by atoms with Crippen molar-refractivity contribution in [2.75, 3.05) is 17.7 Å². The van der Waals surface area contributed by atoms with Crippen molar-refractivity contribution in [2.45, 2.75) is 17.1 Å². The van der Waals surface area contributed by atoms with E-state index >= 15 is 0 Å². The molecule has 2 aromatic carbocycles. The van der Waals surface area contributed by atoms with Gasteiger partial charge in [-0.3, -0.25) is 0 Å². The molecular formula is C18H18ClN3O2S2. The van der Waals surface area contributed by atoms with Gasteiger partial charge < -0.3 is 15.2 Å². The Bertz CT molecular complexity index is 800. The van der Waals surface area contributed by atoms with Gasteiger partial charge in [0, 0.05) is 16.5 Å². The van der Waals surface area contributed by atoms with Crippen molar-refractivity contribution in [1.82, 2.24) is 10.2 Å². The number of hydrogen-bond donors (Lipinski definition) is 2.